The lowest BCUT2D eigenvalue weighted by molar-refractivity contribution is 0.467. The lowest BCUT2D eigenvalue weighted by atomic mass is 10.1. The third-order valence-corrected chi connectivity index (χ3v) is 2.32. The molecule has 0 amide bonds. The summed E-state index contributed by atoms with van der Waals surface area (Å²) in [6.45, 7) is 0. The third-order valence-electron chi connectivity index (χ3n) is 1.58. The van der Waals surface area contributed by atoms with E-state index in [-0.39, 0.29) is 5.75 Å². The van der Waals surface area contributed by atoms with Crippen molar-refractivity contribution >= 4 is 15.9 Å². The number of nitrogens with zero attached hydrogens (tertiary/aromatic N) is 1. The van der Waals surface area contributed by atoms with Crippen LogP contribution in [0.1, 0.15) is 12.0 Å². The predicted octanol–water partition coefficient (Wildman–Crippen LogP) is 2.61. The van der Waals surface area contributed by atoms with Gasteiger partial charge in [-0.3, -0.25) is 0 Å². The van der Waals surface area contributed by atoms with Crippen molar-refractivity contribution in [2.24, 2.45) is 0 Å². The summed E-state index contributed by atoms with van der Waals surface area (Å²) >= 11 is 3.31. The van der Waals surface area contributed by atoms with Gasteiger partial charge in [0, 0.05) is 16.5 Å². The smallest absolute Gasteiger partial charge is 0.119 e. The SMILES string of the molecule is N#CCCc1c(O)cccc1Br. The topological polar surface area (TPSA) is 44.0 Å². The van der Waals surface area contributed by atoms with E-state index in [1.165, 1.54) is 0 Å². The standard InChI is InChI=1S/C9H8BrNO/c10-8-4-1-5-9(12)7(8)3-2-6-11/h1,4-5,12H,2-3H2. The minimum absolute atomic E-state index is 0.250. The number of phenolic OH excluding ortho intramolecular Hbond substituents is 1. The second kappa shape index (κ2) is 4.13. The summed E-state index contributed by atoms with van der Waals surface area (Å²) in [5.41, 5.74) is 0.805. The Hall–Kier alpha value is -1.01. The third kappa shape index (κ3) is 1.99. The van der Waals surface area contributed by atoms with Crippen molar-refractivity contribution in [1.29, 1.82) is 5.26 Å². The molecule has 0 saturated heterocycles. The lowest BCUT2D eigenvalue weighted by Gasteiger charge is -2.03. The fraction of sp³-hybridized carbons (Fsp3) is 0.222. The van der Waals surface area contributed by atoms with Crippen LogP contribution in [-0.2, 0) is 6.42 Å². The van der Waals surface area contributed by atoms with Gasteiger partial charge in [-0.1, -0.05) is 22.0 Å². The van der Waals surface area contributed by atoms with Gasteiger partial charge in [-0.15, -0.1) is 0 Å². The van der Waals surface area contributed by atoms with Crippen LogP contribution in [0.2, 0.25) is 0 Å². The molecule has 0 aromatic heterocycles. The quantitative estimate of drug-likeness (QED) is 0.842. The fourth-order valence-electron chi connectivity index (χ4n) is 0.976. The van der Waals surface area contributed by atoms with E-state index in [9.17, 15) is 5.11 Å². The maximum absolute atomic E-state index is 9.38. The Morgan fingerprint density at radius 2 is 2.25 bits per heavy atom. The van der Waals surface area contributed by atoms with Crippen LogP contribution in [0.4, 0.5) is 0 Å². The predicted molar refractivity (Wildman–Crippen MR) is 49.7 cm³/mol. The largest absolute Gasteiger partial charge is 0.508 e. The van der Waals surface area contributed by atoms with Crippen molar-refractivity contribution in [3.63, 3.8) is 0 Å². The number of nitriles is 1. The fourth-order valence-corrected chi connectivity index (χ4v) is 1.53. The number of hydrogen-bond donors (Lipinski definition) is 1. The molecule has 0 spiro atoms. The van der Waals surface area contributed by atoms with Crippen LogP contribution in [0.15, 0.2) is 22.7 Å². The molecule has 1 N–H and O–H groups in total. The summed E-state index contributed by atoms with van der Waals surface area (Å²) in [6.07, 6.45) is 1.01. The van der Waals surface area contributed by atoms with Gasteiger partial charge in [0.1, 0.15) is 5.75 Å². The van der Waals surface area contributed by atoms with Gasteiger partial charge in [0.15, 0.2) is 0 Å². The number of rotatable bonds is 2. The Kier molecular flexibility index (Phi) is 3.12. The maximum atomic E-state index is 9.38. The Morgan fingerprint density at radius 1 is 1.50 bits per heavy atom. The minimum atomic E-state index is 0.250. The first-order valence-electron chi connectivity index (χ1n) is 3.59. The van der Waals surface area contributed by atoms with E-state index in [4.69, 9.17) is 5.26 Å². The molecule has 0 fully saturated rings. The van der Waals surface area contributed by atoms with E-state index in [2.05, 4.69) is 15.9 Å². The molecule has 12 heavy (non-hydrogen) atoms. The van der Waals surface area contributed by atoms with Crippen LogP contribution in [0, 0.1) is 11.3 Å². The first-order valence-corrected chi connectivity index (χ1v) is 4.38. The molecule has 1 aromatic carbocycles. The number of benzene rings is 1. The zero-order valence-electron chi connectivity index (χ0n) is 6.42. The van der Waals surface area contributed by atoms with E-state index in [1.807, 2.05) is 12.1 Å². The highest BCUT2D eigenvalue weighted by molar-refractivity contribution is 9.10. The summed E-state index contributed by atoms with van der Waals surface area (Å²) in [7, 11) is 0. The summed E-state index contributed by atoms with van der Waals surface area (Å²) in [4.78, 5) is 0. The highest BCUT2D eigenvalue weighted by Crippen LogP contribution is 2.26. The van der Waals surface area contributed by atoms with Crippen molar-refractivity contribution in [2.45, 2.75) is 12.8 Å². The van der Waals surface area contributed by atoms with Crippen LogP contribution >= 0.6 is 15.9 Å². The highest BCUT2D eigenvalue weighted by atomic mass is 79.9. The Balaban J connectivity index is 2.90. The molecule has 0 heterocycles. The van der Waals surface area contributed by atoms with Gasteiger partial charge in [-0.05, 0) is 18.6 Å². The molecule has 0 unspecified atom stereocenters. The van der Waals surface area contributed by atoms with Gasteiger partial charge in [0.2, 0.25) is 0 Å². The van der Waals surface area contributed by atoms with Gasteiger partial charge < -0.3 is 5.11 Å². The van der Waals surface area contributed by atoms with Crippen molar-refractivity contribution in [1.82, 2.24) is 0 Å². The molecule has 0 aliphatic carbocycles. The molecule has 3 heteroatoms. The summed E-state index contributed by atoms with van der Waals surface area (Å²) in [5.74, 6) is 0.250. The van der Waals surface area contributed by atoms with E-state index in [1.54, 1.807) is 12.1 Å². The van der Waals surface area contributed by atoms with Crippen LogP contribution in [0.25, 0.3) is 0 Å². The van der Waals surface area contributed by atoms with Crippen molar-refractivity contribution in [2.75, 3.05) is 0 Å². The van der Waals surface area contributed by atoms with Crippen molar-refractivity contribution < 1.29 is 5.11 Å². The van der Waals surface area contributed by atoms with Gasteiger partial charge in [-0.2, -0.15) is 5.26 Å². The Labute approximate surface area is 79.6 Å². The molecule has 62 valence electrons. The van der Waals surface area contributed by atoms with Crippen molar-refractivity contribution in [3.8, 4) is 11.8 Å². The summed E-state index contributed by atoms with van der Waals surface area (Å²) in [6, 6.07) is 7.27. The number of aromatic hydroxyl groups is 1. The molecule has 0 radical (unpaired) electrons. The number of phenols is 1. The van der Waals surface area contributed by atoms with Crippen molar-refractivity contribution in [3.05, 3.63) is 28.2 Å². The lowest BCUT2D eigenvalue weighted by Crippen LogP contribution is -1.86. The first-order chi connectivity index (χ1) is 5.75. The molecule has 1 aromatic rings. The van der Waals surface area contributed by atoms with Gasteiger partial charge in [0.25, 0.3) is 0 Å². The molecule has 0 bridgehead atoms. The van der Waals surface area contributed by atoms with E-state index in [0.717, 1.165) is 10.0 Å². The Morgan fingerprint density at radius 3 is 2.83 bits per heavy atom. The number of halogens is 1. The van der Waals surface area contributed by atoms with Gasteiger partial charge >= 0.3 is 0 Å². The molecule has 0 saturated carbocycles. The molecule has 0 atom stereocenters. The average molecular weight is 226 g/mol. The normalized spacial score (nSPS) is 9.33. The van der Waals surface area contributed by atoms with E-state index < -0.39 is 0 Å². The van der Waals surface area contributed by atoms with E-state index >= 15 is 0 Å². The first kappa shape index (κ1) is 9.08. The second-order valence-corrected chi connectivity index (χ2v) is 3.25. The molecular formula is C9H8BrNO. The van der Waals surface area contributed by atoms with Crippen LogP contribution < -0.4 is 0 Å². The zero-order valence-corrected chi connectivity index (χ0v) is 8.00. The monoisotopic (exact) mass is 225 g/mol. The second-order valence-electron chi connectivity index (χ2n) is 2.40. The van der Waals surface area contributed by atoms with Gasteiger partial charge in [0.05, 0.1) is 6.07 Å². The molecular weight excluding hydrogens is 218 g/mol. The molecule has 0 aliphatic heterocycles. The highest BCUT2D eigenvalue weighted by Gasteiger charge is 2.03. The van der Waals surface area contributed by atoms with Gasteiger partial charge in [-0.25, -0.2) is 0 Å². The average Bonchev–Trinajstić information content (AvgIpc) is 2.04. The zero-order chi connectivity index (χ0) is 8.97. The van der Waals surface area contributed by atoms with Crippen LogP contribution in [0.3, 0.4) is 0 Å². The summed E-state index contributed by atoms with van der Waals surface area (Å²) in [5, 5.41) is 17.7. The minimum Gasteiger partial charge on any atom is -0.508 e. The molecule has 2 nitrogen and oxygen atoms in total. The van der Waals surface area contributed by atoms with Crippen LogP contribution in [0.5, 0.6) is 5.75 Å². The van der Waals surface area contributed by atoms with E-state index in [0.29, 0.717) is 12.8 Å². The molecule has 1 rings (SSSR count). The number of hydrogen-bond acceptors (Lipinski definition) is 2. The maximum Gasteiger partial charge on any atom is 0.119 e. The van der Waals surface area contributed by atoms with Crippen LogP contribution in [-0.4, -0.2) is 5.11 Å². The summed E-state index contributed by atoms with van der Waals surface area (Å²) < 4.78 is 0.859. The Bertz CT molecular complexity index is 297. The molecule has 0 aliphatic rings.